The number of aromatic nitrogens is 2. The highest BCUT2D eigenvalue weighted by Gasteiger charge is 2.47. The molecule has 1 fully saturated rings. The van der Waals surface area contributed by atoms with Crippen LogP contribution in [0, 0.1) is 0 Å². The molecule has 1 aliphatic heterocycles. The van der Waals surface area contributed by atoms with Gasteiger partial charge in [0.05, 0.1) is 20.9 Å². The number of rotatable bonds is 7. The molecule has 6 nitrogen and oxygen atoms in total. The van der Waals surface area contributed by atoms with E-state index in [1.165, 1.54) is 14.0 Å². The highest BCUT2D eigenvalue weighted by Crippen LogP contribution is 2.43. The van der Waals surface area contributed by atoms with Gasteiger partial charge in [-0.1, -0.05) is 6.07 Å². The lowest BCUT2D eigenvalue weighted by Gasteiger charge is -2.37. The van der Waals surface area contributed by atoms with E-state index in [1.54, 1.807) is 0 Å². The number of benzene rings is 1. The fourth-order valence-corrected chi connectivity index (χ4v) is 5.73. The van der Waals surface area contributed by atoms with Crippen LogP contribution >= 0.6 is 0 Å². The molecule has 0 spiro atoms. The number of aryl methyl sites for hydroxylation is 1. The van der Waals surface area contributed by atoms with E-state index in [0.29, 0.717) is 12.5 Å². The van der Waals surface area contributed by atoms with Crippen molar-refractivity contribution in [3.63, 3.8) is 0 Å². The number of halogens is 6. The second-order valence-electron chi connectivity index (χ2n) is 8.31. The topological polar surface area (TPSA) is 70.4 Å². The largest absolute Gasteiger partial charge is 0.435 e. The molecule has 0 saturated carbocycles. The summed E-state index contributed by atoms with van der Waals surface area (Å²) in [5, 5.41) is 3.62. The van der Waals surface area contributed by atoms with Crippen molar-refractivity contribution in [2.45, 2.75) is 60.8 Å². The van der Waals surface area contributed by atoms with Crippen molar-refractivity contribution >= 4 is 9.84 Å². The molecule has 2 atom stereocenters. The summed E-state index contributed by atoms with van der Waals surface area (Å²) >= 11 is 0. The smallest absolute Gasteiger partial charge is 0.385 e. The molecule has 0 aliphatic carbocycles. The second kappa shape index (κ2) is 9.50. The molecule has 2 heterocycles. The maximum absolute atomic E-state index is 13.4. The summed E-state index contributed by atoms with van der Waals surface area (Å²) in [5.74, 6) is 0. The SMILES string of the molecule is COCCCn1nc(C(F)(F)F)cc1C1CC(C)(S(=O)(=O)c2cccc(C(F)(F)F)c2)CCO1. The van der Waals surface area contributed by atoms with Gasteiger partial charge in [0, 0.05) is 26.9 Å². The summed E-state index contributed by atoms with van der Waals surface area (Å²) in [4.78, 5) is -0.505. The quantitative estimate of drug-likeness (QED) is 0.383. The average Bonchev–Trinajstić information content (AvgIpc) is 3.18. The van der Waals surface area contributed by atoms with Crippen molar-refractivity contribution < 1.29 is 44.2 Å². The molecular formula is C21H24F6N2O4S. The zero-order chi connectivity index (χ0) is 25.4. The number of alkyl halides is 6. The van der Waals surface area contributed by atoms with Crippen LogP contribution in [0.5, 0.6) is 0 Å². The van der Waals surface area contributed by atoms with Gasteiger partial charge < -0.3 is 9.47 Å². The number of methoxy groups -OCH3 is 1. The van der Waals surface area contributed by atoms with Crippen LogP contribution in [0.1, 0.15) is 49.2 Å². The third-order valence-electron chi connectivity index (χ3n) is 5.84. The Kier molecular flexibility index (Phi) is 7.40. The van der Waals surface area contributed by atoms with Gasteiger partial charge >= 0.3 is 12.4 Å². The van der Waals surface area contributed by atoms with Crippen molar-refractivity contribution in [1.29, 1.82) is 0 Å². The van der Waals surface area contributed by atoms with E-state index >= 15 is 0 Å². The maximum Gasteiger partial charge on any atom is 0.435 e. The van der Waals surface area contributed by atoms with Gasteiger partial charge in [0.25, 0.3) is 0 Å². The summed E-state index contributed by atoms with van der Waals surface area (Å²) < 4.78 is 116. The van der Waals surface area contributed by atoms with Gasteiger partial charge in [-0.2, -0.15) is 31.4 Å². The van der Waals surface area contributed by atoms with E-state index in [-0.39, 0.29) is 38.3 Å². The lowest BCUT2D eigenvalue weighted by Crippen LogP contribution is -2.42. The van der Waals surface area contributed by atoms with Crippen molar-refractivity contribution in [3.8, 4) is 0 Å². The molecular weight excluding hydrogens is 490 g/mol. The Morgan fingerprint density at radius 1 is 1.18 bits per heavy atom. The molecule has 0 radical (unpaired) electrons. The van der Waals surface area contributed by atoms with Gasteiger partial charge in [-0.25, -0.2) is 8.42 Å². The third kappa shape index (κ3) is 5.41. The monoisotopic (exact) mass is 514 g/mol. The number of sulfone groups is 1. The van der Waals surface area contributed by atoms with Gasteiger partial charge in [0.1, 0.15) is 6.10 Å². The van der Waals surface area contributed by atoms with E-state index in [0.717, 1.165) is 28.9 Å². The van der Waals surface area contributed by atoms with Crippen molar-refractivity contribution in [1.82, 2.24) is 9.78 Å². The van der Waals surface area contributed by atoms with E-state index in [2.05, 4.69) is 5.10 Å². The first kappa shape index (κ1) is 26.5. The molecule has 0 N–H and O–H groups in total. The second-order valence-corrected chi connectivity index (χ2v) is 10.8. The molecule has 1 aromatic carbocycles. The highest BCUT2D eigenvalue weighted by molar-refractivity contribution is 7.92. The number of ether oxygens (including phenoxy) is 2. The minimum absolute atomic E-state index is 0.0357. The summed E-state index contributed by atoms with van der Waals surface area (Å²) in [6, 6.07) is 4.25. The Labute approximate surface area is 192 Å². The Balaban J connectivity index is 1.96. The molecule has 34 heavy (non-hydrogen) atoms. The molecule has 2 aromatic rings. The Morgan fingerprint density at radius 3 is 2.50 bits per heavy atom. The summed E-state index contributed by atoms with van der Waals surface area (Å²) in [5.41, 5.74) is -2.20. The first-order valence-electron chi connectivity index (χ1n) is 10.4. The van der Waals surface area contributed by atoms with Gasteiger partial charge in [0.2, 0.25) is 0 Å². The predicted octanol–water partition coefficient (Wildman–Crippen LogP) is 5.04. The molecule has 2 unspecified atom stereocenters. The van der Waals surface area contributed by atoms with Gasteiger partial charge in [0.15, 0.2) is 15.5 Å². The first-order valence-corrected chi connectivity index (χ1v) is 11.8. The van der Waals surface area contributed by atoms with Crippen molar-refractivity contribution in [2.24, 2.45) is 0 Å². The van der Waals surface area contributed by atoms with E-state index in [1.807, 2.05) is 0 Å². The lowest BCUT2D eigenvalue weighted by atomic mass is 9.94. The summed E-state index contributed by atoms with van der Waals surface area (Å²) in [7, 11) is -2.85. The number of hydrogen-bond donors (Lipinski definition) is 0. The standard InChI is InChI=1S/C21H24F6N2O4S/c1-19(34(30,31)15-6-3-5-14(11-15)20(22,23)24)7-10-33-17(13-19)16-12-18(21(25,26)27)28-29(16)8-4-9-32-2/h3,5-6,11-12,17H,4,7-10,13H2,1-2H3. The molecule has 190 valence electrons. The van der Waals surface area contributed by atoms with Crippen LogP contribution in [-0.4, -0.2) is 43.3 Å². The van der Waals surface area contributed by atoms with Gasteiger partial charge in [-0.15, -0.1) is 0 Å². The fraction of sp³-hybridized carbons (Fsp3) is 0.571. The molecule has 13 heteroatoms. The number of nitrogens with zero attached hydrogens (tertiary/aromatic N) is 2. The Hall–Kier alpha value is -2.12. The van der Waals surface area contributed by atoms with Crippen LogP contribution in [0.2, 0.25) is 0 Å². The molecule has 0 amide bonds. The Bertz CT molecular complexity index is 1110. The maximum atomic E-state index is 13.4. The molecule has 1 aromatic heterocycles. The zero-order valence-electron chi connectivity index (χ0n) is 18.4. The van der Waals surface area contributed by atoms with Crippen LogP contribution in [0.15, 0.2) is 35.2 Å². The van der Waals surface area contributed by atoms with E-state index in [4.69, 9.17) is 9.47 Å². The zero-order valence-corrected chi connectivity index (χ0v) is 19.2. The van der Waals surface area contributed by atoms with Crippen LogP contribution in [0.3, 0.4) is 0 Å². The van der Waals surface area contributed by atoms with Gasteiger partial charge in [-0.3, -0.25) is 4.68 Å². The third-order valence-corrected chi connectivity index (χ3v) is 8.38. The van der Waals surface area contributed by atoms with Crippen molar-refractivity contribution in [2.75, 3.05) is 20.3 Å². The molecule has 1 aliphatic rings. The summed E-state index contributed by atoms with van der Waals surface area (Å²) in [6.45, 7) is 1.61. The predicted molar refractivity (Wildman–Crippen MR) is 109 cm³/mol. The van der Waals surface area contributed by atoms with Crippen molar-refractivity contribution in [3.05, 3.63) is 47.3 Å². The van der Waals surface area contributed by atoms with Crippen LogP contribution < -0.4 is 0 Å². The average molecular weight is 514 g/mol. The molecule has 1 saturated heterocycles. The van der Waals surface area contributed by atoms with E-state index in [9.17, 15) is 34.8 Å². The lowest BCUT2D eigenvalue weighted by molar-refractivity contribution is -0.141. The minimum atomic E-state index is -4.73. The number of hydrogen-bond acceptors (Lipinski definition) is 5. The van der Waals surface area contributed by atoms with Crippen LogP contribution in [0.25, 0.3) is 0 Å². The first-order chi connectivity index (χ1) is 15.7. The fourth-order valence-electron chi connectivity index (χ4n) is 3.90. The highest BCUT2D eigenvalue weighted by atomic mass is 32.2. The minimum Gasteiger partial charge on any atom is -0.385 e. The Morgan fingerprint density at radius 2 is 1.88 bits per heavy atom. The molecule has 3 rings (SSSR count). The van der Waals surface area contributed by atoms with E-state index < -0.39 is 49.2 Å². The normalized spacial score (nSPS) is 22.2. The van der Waals surface area contributed by atoms with Crippen LogP contribution in [-0.2, 0) is 38.2 Å². The summed E-state index contributed by atoms with van der Waals surface area (Å²) in [6.07, 6.45) is -10.4. The van der Waals surface area contributed by atoms with Gasteiger partial charge in [-0.05, 0) is 50.5 Å². The molecule has 0 bridgehead atoms. The van der Waals surface area contributed by atoms with Crippen LogP contribution in [0.4, 0.5) is 26.3 Å².